The SMILES string of the molecule is CC1CCCC1NCCCOC1CCOC1. The molecule has 3 heteroatoms. The van der Waals surface area contributed by atoms with Gasteiger partial charge in [-0.2, -0.15) is 0 Å². The van der Waals surface area contributed by atoms with Gasteiger partial charge in [-0.05, 0) is 38.1 Å². The van der Waals surface area contributed by atoms with Crippen LogP contribution in [0.5, 0.6) is 0 Å². The largest absolute Gasteiger partial charge is 0.379 e. The molecule has 2 fully saturated rings. The second-order valence-corrected chi connectivity index (χ2v) is 5.18. The van der Waals surface area contributed by atoms with Gasteiger partial charge in [-0.1, -0.05) is 13.3 Å². The van der Waals surface area contributed by atoms with E-state index in [0.29, 0.717) is 6.10 Å². The van der Waals surface area contributed by atoms with Crippen LogP contribution < -0.4 is 5.32 Å². The average Bonchev–Trinajstić information content (AvgIpc) is 2.90. The molecule has 1 saturated heterocycles. The summed E-state index contributed by atoms with van der Waals surface area (Å²) in [4.78, 5) is 0. The van der Waals surface area contributed by atoms with E-state index in [-0.39, 0.29) is 0 Å². The zero-order chi connectivity index (χ0) is 11.2. The lowest BCUT2D eigenvalue weighted by atomic mass is 10.1. The van der Waals surface area contributed by atoms with Gasteiger partial charge in [0.05, 0.1) is 12.7 Å². The van der Waals surface area contributed by atoms with Gasteiger partial charge in [-0.3, -0.25) is 0 Å². The summed E-state index contributed by atoms with van der Waals surface area (Å²) in [5.41, 5.74) is 0. The van der Waals surface area contributed by atoms with Gasteiger partial charge < -0.3 is 14.8 Å². The zero-order valence-electron chi connectivity index (χ0n) is 10.4. The zero-order valence-corrected chi connectivity index (χ0v) is 10.4. The van der Waals surface area contributed by atoms with Crippen LogP contribution in [0.25, 0.3) is 0 Å². The van der Waals surface area contributed by atoms with Crippen molar-refractivity contribution in [2.75, 3.05) is 26.4 Å². The first-order chi connectivity index (χ1) is 7.86. The Kier molecular flexibility index (Phi) is 5.07. The van der Waals surface area contributed by atoms with E-state index in [1.54, 1.807) is 0 Å². The Balaban J connectivity index is 1.45. The molecular weight excluding hydrogens is 202 g/mol. The summed E-state index contributed by atoms with van der Waals surface area (Å²) in [6.45, 7) is 6.01. The minimum Gasteiger partial charge on any atom is -0.379 e. The summed E-state index contributed by atoms with van der Waals surface area (Å²) < 4.78 is 11.0. The second-order valence-electron chi connectivity index (χ2n) is 5.18. The molecule has 0 aromatic rings. The van der Waals surface area contributed by atoms with Crippen molar-refractivity contribution < 1.29 is 9.47 Å². The smallest absolute Gasteiger partial charge is 0.0830 e. The van der Waals surface area contributed by atoms with Crippen molar-refractivity contribution in [1.29, 1.82) is 0 Å². The summed E-state index contributed by atoms with van der Waals surface area (Å²) in [5.74, 6) is 0.865. The lowest BCUT2D eigenvalue weighted by molar-refractivity contribution is 0.0412. The Hall–Kier alpha value is -0.120. The lowest BCUT2D eigenvalue weighted by Gasteiger charge is -2.17. The average molecular weight is 227 g/mol. The normalized spacial score (nSPS) is 34.7. The van der Waals surface area contributed by atoms with Crippen LogP contribution in [0.1, 0.15) is 39.0 Å². The van der Waals surface area contributed by atoms with E-state index in [9.17, 15) is 0 Å². The molecule has 1 saturated carbocycles. The molecular formula is C13H25NO2. The lowest BCUT2D eigenvalue weighted by Crippen LogP contribution is -2.32. The molecule has 2 aliphatic rings. The molecule has 1 heterocycles. The molecule has 0 amide bonds. The van der Waals surface area contributed by atoms with Gasteiger partial charge in [-0.25, -0.2) is 0 Å². The van der Waals surface area contributed by atoms with Gasteiger partial charge >= 0.3 is 0 Å². The van der Waals surface area contributed by atoms with Crippen LogP contribution in [0, 0.1) is 5.92 Å². The van der Waals surface area contributed by atoms with E-state index in [2.05, 4.69) is 12.2 Å². The van der Waals surface area contributed by atoms with E-state index in [0.717, 1.165) is 51.2 Å². The standard InChI is InChI=1S/C13H25NO2/c1-11-4-2-5-13(11)14-7-3-8-16-12-6-9-15-10-12/h11-14H,2-10H2,1H3. The Morgan fingerprint density at radius 1 is 1.31 bits per heavy atom. The summed E-state index contributed by atoms with van der Waals surface area (Å²) >= 11 is 0. The highest BCUT2D eigenvalue weighted by Gasteiger charge is 2.22. The molecule has 0 aromatic carbocycles. The second kappa shape index (κ2) is 6.58. The molecule has 1 aliphatic carbocycles. The Labute approximate surface area is 98.9 Å². The van der Waals surface area contributed by atoms with E-state index in [1.807, 2.05) is 0 Å². The fraction of sp³-hybridized carbons (Fsp3) is 1.00. The Morgan fingerprint density at radius 3 is 2.94 bits per heavy atom. The molecule has 0 radical (unpaired) electrons. The van der Waals surface area contributed by atoms with Gasteiger partial charge in [0.15, 0.2) is 0 Å². The van der Waals surface area contributed by atoms with Crippen LogP contribution in [0.4, 0.5) is 0 Å². The third-order valence-corrected chi connectivity index (χ3v) is 3.83. The molecule has 2 rings (SSSR count). The van der Waals surface area contributed by atoms with Crippen molar-refractivity contribution in [3.05, 3.63) is 0 Å². The van der Waals surface area contributed by atoms with E-state index in [4.69, 9.17) is 9.47 Å². The van der Waals surface area contributed by atoms with Crippen molar-refractivity contribution in [3.8, 4) is 0 Å². The first kappa shape index (κ1) is 12.3. The molecule has 16 heavy (non-hydrogen) atoms. The molecule has 0 spiro atoms. The molecule has 3 atom stereocenters. The van der Waals surface area contributed by atoms with Crippen molar-refractivity contribution in [2.45, 2.75) is 51.2 Å². The fourth-order valence-corrected chi connectivity index (χ4v) is 2.70. The van der Waals surface area contributed by atoms with Crippen molar-refractivity contribution >= 4 is 0 Å². The van der Waals surface area contributed by atoms with Crippen LogP contribution in [0.15, 0.2) is 0 Å². The minimum atomic E-state index is 0.366. The number of nitrogens with one attached hydrogen (secondary N) is 1. The number of ether oxygens (including phenoxy) is 2. The van der Waals surface area contributed by atoms with Gasteiger partial charge in [-0.15, -0.1) is 0 Å². The summed E-state index contributed by atoms with van der Waals surface area (Å²) in [6, 6.07) is 0.759. The van der Waals surface area contributed by atoms with E-state index in [1.165, 1.54) is 19.3 Å². The Morgan fingerprint density at radius 2 is 2.25 bits per heavy atom. The summed E-state index contributed by atoms with van der Waals surface area (Å²) in [7, 11) is 0. The van der Waals surface area contributed by atoms with Crippen LogP contribution >= 0.6 is 0 Å². The van der Waals surface area contributed by atoms with Crippen molar-refractivity contribution in [3.63, 3.8) is 0 Å². The number of rotatable bonds is 6. The van der Waals surface area contributed by atoms with Crippen LogP contribution in [0.3, 0.4) is 0 Å². The third kappa shape index (κ3) is 3.72. The molecule has 1 aliphatic heterocycles. The van der Waals surface area contributed by atoms with Crippen LogP contribution in [-0.2, 0) is 9.47 Å². The first-order valence-electron chi connectivity index (χ1n) is 6.79. The fourth-order valence-electron chi connectivity index (χ4n) is 2.70. The maximum Gasteiger partial charge on any atom is 0.0830 e. The maximum absolute atomic E-state index is 5.73. The van der Waals surface area contributed by atoms with Gasteiger partial charge in [0.25, 0.3) is 0 Å². The topological polar surface area (TPSA) is 30.5 Å². The van der Waals surface area contributed by atoms with E-state index >= 15 is 0 Å². The molecule has 3 unspecified atom stereocenters. The van der Waals surface area contributed by atoms with Gasteiger partial charge in [0.2, 0.25) is 0 Å². The number of hydrogen-bond acceptors (Lipinski definition) is 3. The van der Waals surface area contributed by atoms with Crippen molar-refractivity contribution in [1.82, 2.24) is 5.32 Å². The first-order valence-corrected chi connectivity index (χ1v) is 6.79. The highest BCUT2D eigenvalue weighted by Crippen LogP contribution is 2.24. The summed E-state index contributed by atoms with van der Waals surface area (Å²) in [6.07, 6.45) is 6.72. The molecule has 1 N–H and O–H groups in total. The van der Waals surface area contributed by atoms with Crippen molar-refractivity contribution in [2.24, 2.45) is 5.92 Å². The monoisotopic (exact) mass is 227 g/mol. The third-order valence-electron chi connectivity index (χ3n) is 3.83. The molecule has 3 nitrogen and oxygen atoms in total. The highest BCUT2D eigenvalue weighted by atomic mass is 16.5. The van der Waals surface area contributed by atoms with Gasteiger partial charge in [0.1, 0.15) is 0 Å². The quantitative estimate of drug-likeness (QED) is 0.704. The molecule has 0 aromatic heterocycles. The minimum absolute atomic E-state index is 0.366. The van der Waals surface area contributed by atoms with Gasteiger partial charge in [0, 0.05) is 19.3 Å². The Bertz CT molecular complexity index is 192. The molecule has 94 valence electrons. The van der Waals surface area contributed by atoms with E-state index < -0.39 is 0 Å². The van der Waals surface area contributed by atoms with Crippen LogP contribution in [-0.4, -0.2) is 38.5 Å². The predicted octanol–water partition coefficient (Wildman–Crippen LogP) is 1.96. The van der Waals surface area contributed by atoms with Crippen LogP contribution in [0.2, 0.25) is 0 Å². The predicted molar refractivity (Wildman–Crippen MR) is 64.6 cm³/mol. The summed E-state index contributed by atoms with van der Waals surface area (Å²) in [5, 5.41) is 3.65. The molecule has 0 bridgehead atoms. The highest BCUT2D eigenvalue weighted by molar-refractivity contribution is 4.79. The maximum atomic E-state index is 5.73. The number of hydrogen-bond donors (Lipinski definition) is 1.